The van der Waals surface area contributed by atoms with Gasteiger partial charge >= 0.3 is 0 Å². The molecule has 6 nitrogen and oxygen atoms in total. The lowest BCUT2D eigenvalue weighted by Gasteiger charge is -2.33. The molecule has 0 radical (unpaired) electrons. The molecule has 0 spiro atoms. The summed E-state index contributed by atoms with van der Waals surface area (Å²) in [6.07, 6.45) is 7.11. The molecule has 1 aromatic carbocycles. The molecular formula is C19H26N4O2. The first-order chi connectivity index (χ1) is 12.2. The van der Waals surface area contributed by atoms with E-state index in [1.54, 1.807) is 18.3 Å². The lowest BCUT2D eigenvalue weighted by molar-refractivity contribution is -0.122. The number of likely N-dealkylation sites (tertiary alicyclic amines) is 1. The van der Waals surface area contributed by atoms with E-state index in [0.717, 1.165) is 51.0 Å². The molecule has 2 aromatic rings. The SMILES string of the molecule is O=C(CCCn1cccn1)N[C@@H]1CCCN(Cc2cccc(O)c2)C1. The molecule has 2 heterocycles. The van der Waals surface area contributed by atoms with Gasteiger partial charge in [-0.15, -0.1) is 0 Å². The van der Waals surface area contributed by atoms with Crippen molar-refractivity contribution in [3.63, 3.8) is 0 Å². The number of hydrogen-bond donors (Lipinski definition) is 2. The standard InChI is InChI=1S/C19H26N4O2/c24-18-7-1-5-16(13-18)14-22-10-2-6-17(15-22)21-19(25)8-3-11-23-12-4-9-20-23/h1,4-5,7,9,12-13,17,24H,2-3,6,8,10-11,14-15H2,(H,21,25)/t17-/m1/s1. The number of benzene rings is 1. The van der Waals surface area contributed by atoms with Crippen molar-refractivity contribution in [1.82, 2.24) is 20.0 Å². The van der Waals surface area contributed by atoms with Crippen LogP contribution in [-0.4, -0.2) is 44.8 Å². The summed E-state index contributed by atoms with van der Waals surface area (Å²) in [5.74, 6) is 0.424. The summed E-state index contributed by atoms with van der Waals surface area (Å²) in [5.41, 5.74) is 1.10. The second-order valence-corrected chi connectivity index (χ2v) is 6.68. The van der Waals surface area contributed by atoms with Crippen LogP contribution in [0.2, 0.25) is 0 Å². The van der Waals surface area contributed by atoms with Gasteiger partial charge in [0.25, 0.3) is 0 Å². The van der Waals surface area contributed by atoms with Crippen LogP contribution in [0.25, 0.3) is 0 Å². The van der Waals surface area contributed by atoms with E-state index >= 15 is 0 Å². The molecule has 6 heteroatoms. The van der Waals surface area contributed by atoms with Gasteiger partial charge in [0.15, 0.2) is 0 Å². The van der Waals surface area contributed by atoms with Crippen LogP contribution in [0.1, 0.15) is 31.2 Å². The lowest BCUT2D eigenvalue weighted by atomic mass is 10.0. The van der Waals surface area contributed by atoms with Crippen molar-refractivity contribution >= 4 is 5.91 Å². The summed E-state index contributed by atoms with van der Waals surface area (Å²) in [7, 11) is 0. The predicted octanol–water partition coefficient (Wildman–Crippen LogP) is 2.15. The maximum atomic E-state index is 12.2. The highest BCUT2D eigenvalue weighted by Crippen LogP contribution is 2.17. The minimum Gasteiger partial charge on any atom is -0.508 e. The van der Waals surface area contributed by atoms with Crippen molar-refractivity contribution in [3.8, 4) is 5.75 Å². The van der Waals surface area contributed by atoms with Crippen LogP contribution >= 0.6 is 0 Å². The Morgan fingerprint density at radius 3 is 3.08 bits per heavy atom. The maximum Gasteiger partial charge on any atom is 0.220 e. The predicted molar refractivity (Wildman–Crippen MR) is 96.0 cm³/mol. The Balaban J connectivity index is 1.40. The second-order valence-electron chi connectivity index (χ2n) is 6.68. The largest absolute Gasteiger partial charge is 0.508 e. The number of rotatable bonds is 7. The fourth-order valence-electron chi connectivity index (χ4n) is 3.36. The Hall–Kier alpha value is -2.34. The summed E-state index contributed by atoms with van der Waals surface area (Å²) in [4.78, 5) is 14.5. The minimum atomic E-state index is 0.122. The first-order valence-corrected chi connectivity index (χ1v) is 8.96. The van der Waals surface area contributed by atoms with Gasteiger partial charge in [-0.2, -0.15) is 5.10 Å². The van der Waals surface area contributed by atoms with Crippen molar-refractivity contribution in [1.29, 1.82) is 0 Å². The van der Waals surface area contributed by atoms with Crippen molar-refractivity contribution in [3.05, 3.63) is 48.3 Å². The molecule has 0 aliphatic carbocycles. The fourth-order valence-corrected chi connectivity index (χ4v) is 3.36. The zero-order valence-corrected chi connectivity index (χ0v) is 14.5. The molecule has 0 bridgehead atoms. The summed E-state index contributed by atoms with van der Waals surface area (Å²) in [6.45, 7) is 3.47. The number of phenolic OH excluding ortho intramolecular Hbond substituents is 1. The zero-order valence-electron chi connectivity index (χ0n) is 14.5. The molecule has 0 unspecified atom stereocenters. The fraction of sp³-hybridized carbons (Fsp3) is 0.474. The van der Waals surface area contributed by atoms with E-state index in [9.17, 15) is 9.90 Å². The van der Waals surface area contributed by atoms with E-state index in [1.165, 1.54) is 0 Å². The molecule has 1 fully saturated rings. The molecule has 1 saturated heterocycles. The molecule has 1 amide bonds. The van der Waals surface area contributed by atoms with Gasteiger partial charge in [-0.05, 0) is 49.6 Å². The third-order valence-electron chi connectivity index (χ3n) is 4.54. The van der Waals surface area contributed by atoms with Crippen LogP contribution in [0, 0.1) is 0 Å². The van der Waals surface area contributed by atoms with Crippen LogP contribution in [0.4, 0.5) is 0 Å². The van der Waals surface area contributed by atoms with Gasteiger partial charge in [-0.3, -0.25) is 14.4 Å². The average molecular weight is 342 g/mol. The van der Waals surface area contributed by atoms with E-state index in [-0.39, 0.29) is 11.9 Å². The number of amides is 1. The highest BCUT2D eigenvalue weighted by Gasteiger charge is 2.21. The van der Waals surface area contributed by atoms with Gasteiger partial charge in [0.1, 0.15) is 5.75 Å². The third-order valence-corrected chi connectivity index (χ3v) is 4.54. The Morgan fingerprint density at radius 2 is 2.28 bits per heavy atom. The molecule has 134 valence electrons. The number of nitrogens with one attached hydrogen (secondary N) is 1. The zero-order chi connectivity index (χ0) is 17.5. The first kappa shape index (κ1) is 17.5. The quantitative estimate of drug-likeness (QED) is 0.809. The molecule has 0 saturated carbocycles. The molecule has 1 aliphatic rings. The molecule has 3 rings (SSSR count). The summed E-state index contributed by atoms with van der Waals surface area (Å²) in [5, 5.41) is 16.9. The highest BCUT2D eigenvalue weighted by atomic mass is 16.3. The number of piperidine rings is 1. The Labute approximate surface area is 148 Å². The summed E-state index contributed by atoms with van der Waals surface area (Å²) in [6, 6.07) is 9.49. The van der Waals surface area contributed by atoms with E-state index in [1.807, 2.05) is 29.1 Å². The van der Waals surface area contributed by atoms with Gasteiger partial charge in [0, 0.05) is 44.5 Å². The molecule has 1 aromatic heterocycles. The first-order valence-electron chi connectivity index (χ1n) is 8.96. The van der Waals surface area contributed by atoms with E-state index in [0.29, 0.717) is 12.2 Å². The normalized spacial score (nSPS) is 18.2. The number of hydrogen-bond acceptors (Lipinski definition) is 4. The number of carbonyl (C=O) groups excluding carboxylic acids is 1. The Bertz CT molecular complexity index is 672. The summed E-state index contributed by atoms with van der Waals surface area (Å²) >= 11 is 0. The van der Waals surface area contributed by atoms with Crippen molar-refractivity contribution in [2.24, 2.45) is 0 Å². The topological polar surface area (TPSA) is 70.4 Å². The van der Waals surface area contributed by atoms with Gasteiger partial charge in [0.2, 0.25) is 5.91 Å². The van der Waals surface area contributed by atoms with E-state index in [4.69, 9.17) is 0 Å². The lowest BCUT2D eigenvalue weighted by Crippen LogP contribution is -2.47. The third kappa shape index (κ3) is 5.60. The number of carbonyl (C=O) groups is 1. The Kier molecular flexibility index (Phi) is 6.06. The average Bonchev–Trinajstić information content (AvgIpc) is 3.08. The van der Waals surface area contributed by atoms with Gasteiger partial charge in [0.05, 0.1) is 0 Å². The van der Waals surface area contributed by atoms with Crippen LogP contribution in [0.5, 0.6) is 5.75 Å². The molecule has 2 N–H and O–H groups in total. The molecular weight excluding hydrogens is 316 g/mol. The monoisotopic (exact) mass is 342 g/mol. The summed E-state index contributed by atoms with van der Waals surface area (Å²) < 4.78 is 1.85. The van der Waals surface area contributed by atoms with Crippen LogP contribution in [0.15, 0.2) is 42.7 Å². The van der Waals surface area contributed by atoms with Gasteiger partial charge < -0.3 is 10.4 Å². The number of nitrogens with zero attached hydrogens (tertiary/aromatic N) is 3. The number of phenols is 1. The Morgan fingerprint density at radius 1 is 1.36 bits per heavy atom. The molecule has 25 heavy (non-hydrogen) atoms. The maximum absolute atomic E-state index is 12.2. The number of aromatic nitrogens is 2. The number of aryl methyl sites for hydroxylation is 1. The van der Waals surface area contributed by atoms with Crippen molar-refractivity contribution in [2.75, 3.05) is 13.1 Å². The highest BCUT2D eigenvalue weighted by molar-refractivity contribution is 5.76. The molecule has 1 atom stereocenters. The van der Waals surface area contributed by atoms with Gasteiger partial charge in [-0.1, -0.05) is 12.1 Å². The number of aromatic hydroxyl groups is 1. The van der Waals surface area contributed by atoms with E-state index < -0.39 is 0 Å². The van der Waals surface area contributed by atoms with Gasteiger partial charge in [-0.25, -0.2) is 0 Å². The van der Waals surface area contributed by atoms with E-state index in [2.05, 4.69) is 15.3 Å². The van der Waals surface area contributed by atoms with Crippen molar-refractivity contribution < 1.29 is 9.90 Å². The van der Waals surface area contributed by atoms with Crippen LogP contribution < -0.4 is 5.32 Å². The minimum absolute atomic E-state index is 0.122. The van der Waals surface area contributed by atoms with Crippen LogP contribution in [0.3, 0.4) is 0 Å². The van der Waals surface area contributed by atoms with Crippen molar-refractivity contribution in [2.45, 2.75) is 44.8 Å². The molecule has 1 aliphatic heterocycles. The smallest absolute Gasteiger partial charge is 0.220 e. The second kappa shape index (κ2) is 8.67. The van der Waals surface area contributed by atoms with Crippen LogP contribution in [-0.2, 0) is 17.9 Å².